The van der Waals surface area contributed by atoms with E-state index >= 15 is 0 Å². The highest BCUT2D eigenvalue weighted by Crippen LogP contribution is 2.36. The number of hydrogen-bond donors (Lipinski definition) is 2. The van der Waals surface area contributed by atoms with Gasteiger partial charge in [0.1, 0.15) is 11.3 Å². The van der Waals surface area contributed by atoms with Crippen molar-refractivity contribution in [2.75, 3.05) is 5.32 Å². The first kappa shape index (κ1) is 18.1. The molecule has 1 atom stereocenters. The Morgan fingerprint density at radius 2 is 1.92 bits per heavy atom. The number of Topliss-reactive ketones (excluding diaryl/α,β-unsaturated/α-hetero) is 1. The summed E-state index contributed by atoms with van der Waals surface area (Å²) in [6, 6.07) is 4.44. The van der Waals surface area contributed by atoms with Crippen LogP contribution in [-0.4, -0.2) is 21.8 Å². The highest BCUT2D eigenvalue weighted by molar-refractivity contribution is 7.13. The number of anilines is 1. The fraction of sp³-hybridized carbons (Fsp3) is 0.235. The third-order valence-electron chi connectivity index (χ3n) is 4.03. The molecule has 9 heteroatoms. The average Bonchev–Trinajstić information content (AvgIpc) is 3.06. The Kier molecular flexibility index (Phi) is 4.82. The van der Waals surface area contributed by atoms with Gasteiger partial charge in [0.2, 0.25) is 0 Å². The minimum Gasteiger partial charge on any atom is -0.511 e. The Morgan fingerprint density at radius 3 is 2.46 bits per heavy atom. The molecule has 5 nitrogen and oxygen atoms in total. The van der Waals surface area contributed by atoms with Gasteiger partial charge in [0.25, 0.3) is 5.91 Å². The van der Waals surface area contributed by atoms with Gasteiger partial charge in [-0.05, 0) is 23.6 Å². The Morgan fingerprint density at radius 1 is 1.23 bits per heavy atom. The molecule has 136 valence electrons. The van der Waals surface area contributed by atoms with Gasteiger partial charge in [-0.25, -0.2) is 4.98 Å². The fourth-order valence-electron chi connectivity index (χ4n) is 2.78. The highest BCUT2D eigenvalue weighted by atomic mass is 32.1. The van der Waals surface area contributed by atoms with Crippen molar-refractivity contribution in [1.82, 2.24) is 4.98 Å². The lowest BCUT2D eigenvalue weighted by Gasteiger charge is -2.23. The van der Waals surface area contributed by atoms with Crippen molar-refractivity contribution in [3.63, 3.8) is 0 Å². The molecular formula is C17H13F3N2O3S. The molecule has 1 heterocycles. The molecule has 0 aliphatic heterocycles. The molecule has 2 N–H and O–H groups in total. The summed E-state index contributed by atoms with van der Waals surface area (Å²) in [4.78, 5) is 28.4. The van der Waals surface area contributed by atoms with Crippen LogP contribution in [0.1, 0.15) is 29.9 Å². The van der Waals surface area contributed by atoms with Crippen LogP contribution in [0.25, 0.3) is 0 Å². The monoisotopic (exact) mass is 382 g/mol. The molecule has 1 aromatic heterocycles. The first-order valence-corrected chi connectivity index (χ1v) is 8.47. The van der Waals surface area contributed by atoms with E-state index in [1.54, 1.807) is 5.38 Å². The van der Waals surface area contributed by atoms with Crippen LogP contribution >= 0.6 is 11.3 Å². The predicted octanol–water partition coefficient (Wildman–Crippen LogP) is 4.06. The van der Waals surface area contributed by atoms with Crippen molar-refractivity contribution in [3.8, 4) is 0 Å². The molecule has 2 aromatic rings. The van der Waals surface area contributed by atoms with Gasteiger partial charge < -0.3 is 5.11 Å². The Balaban J connectivity index is 1.78. The molecule has 3 rings (SSSR count). The zero-order chi connectivity index (χ0) is 18.9. The maximum Gasteiger partial charge on any atom is 0.416 e. The topological polar surface area (TPSA) is 79.3 Å². The Labute approximate surface area is 150 Å². The van der Waals surface area contributed by atoms with Crippen LogP contribution in [0, 0.1) is 0 Å². The van der Waals surface area contributed by atoms with Gasteiger partial charge in [0.15, 0.2) is 10.9 Å². The van der Waals surface area contributed by atoms with Crippen LogP contribution in [0.3, 0.4) is 0 Å². The van der Waals surface area contributed by atoms with Crippen molar-refractivity contribution in [2.45, 2.75) is 24.9 Å². The summed E-state index contributed by atoms with van der Waals surface area (Å²) in [5.41, 5.74) is -0.618. The lowest BCUT2D eigenvalue weighted by molar-refractivity contribution is -0.137. The number of alkyl halides is 3. The van der Waals surface area contributed by atoms with E-state index in [9.17, 15) is 27.9 Å². The number of carbonyl (C=O) groups excluding carboxylic acids is 2. The van der Waals surface area contributed by atoms with E-state index < -0.39 is 29.3 Å². The number of nitrogens with one attached hydrogen (secondary N) is 1. The van der Waals surface area contributed by atoms with Gasteiger partial charge in [-0.2, -0.15) is 13.2 Å². The number of aromatic nitrogens is 1. The summed E-state index contributed by atoms with van der Waals surface area (Å²) in [6.45, 7) is 0. The number of aliphatic hydroxyl groups excluding tert-OH is 1. The fourth-order valence-corrected chi connectivity index (χ4v) is 3.30. The smallest absolute Gasteiger partial charge is 0.416 e. The summed E-state index contributed by atoms with van der Waals surface area (Å²) in [6.07, 6.45) is -3.03. The second kappa shape index (κ2) is 6.91. The van der Waals surface area contributed by atoms with E-state index in [2.05, 4.69) is 10.3 Å². The van der Waals surface area contributed by atoms with Gasteiger partial charge in [-0.15, -0.1) is 11.3 Å². The number of rotatable bonds is 3. The van der Waals surface area contributed by atoms with Crippen molar-refractivity contribution >= 4 is 28.2 Å². The highest BCUT2D eigenvalue weighted by Gasteiger charge is 2.34. The lowest BCUT2D eigenvalue weighted by atomic mass is 9.82. The minimum absolute atomic E-state index is 0.00226. The molecule has 0 radical (unpaired) electrons. The number of halogens is 3. The number of thiazole rings is 1. The van der Waals surface area contributed by atoms with Crippen LogP contribution in [0.4, 0.5) is 18.3 Å². The number of hydrogen-bond acceptors (Lipinski definition) is 5. The van der Waals surface area contributed by atoms with Gasteiger partial charge in [-0.3, -0.25) is 14.9 Å². The number of aliphatic hydroxyl groups is 1. The van der Waals surface area contributed by atoms with Gasteiger partial charge >= 0.3 is 6.18 Å². The molecule has 0 saturated heterocycles. The maximum absolute atomic E-state index is 12.6. The molecule has 0 bridgehead atoms. The van der Waals surface area contributed by atoms with E-state index in [0.29, 0.717) is 10.7 Å². The third kappa shape index (κ3) is 3.77. The molecule has 26 heavy (non-hydrogen) atoms. The first-order valence-electron chi connectivity index (χ1n) is 7.59. The van der Waals surface area contributed by atoms with Crippen LogP contribution in [0.5, 0.6) is 0 Å². The second-order valence-electron chi connectivity index (χ2n) is 5.76. The van der Waals surface area contributed by atoms with Crippen molar-refractivity contribution in [3.05, 3.63) is 58.3 Å². The minimum atomic E-state index is -4.44. The van der Waals surface area contributed by atoms with E-state index in [4.69, 9.17) is 0 Å². The zero-order valence-electron chi connectivity index (χ0n) is 13.2. The van der Waals surface area contributed by atoms with Crippen LogP contribution in [0.15, 0.2) is 47.2 Å². The number of nitrogens with zero attached hydrogens (tertiary/aromatic N) is 1. The second-order valence-corrected chi connectivity index (χ2v) is 6.66. The lowest BCUT2D eigenvalue weighted by Crippen LogP contribution is -2.27. The van der Waals surface area contributed by atoms with Crippen molar-refractivity contribution in [2.24, 2.45) is 0 Å². The molecule has 1 aliphatic rings. The van der Waals surface area contributed by atoms with E-state index in [1.165, 1.54) is 29.7 Å². The normalized spacial score (nSPS) is 18.1. The van der Waals surface area contributed by atoms with Gasteiger partial charge in [0, 0.05) is 24.4 Å². The van der Waals surface area contributed by atoms with E-state index in [0.717, 1.165) is 12.1 Å². The summed E-state index contributed by atoms with van der Waals surface area (Å²) in [5.74, 6) is -2.16. The van der Waals surface area contributed by atoms with Gasteiger partial charge in [-0.1, -0.05) is 12.1 Å². The van der Waals surface area contributed by atoms with Gasteiger partial charge in [0.05, 0.1) is 5.56 Å². The van der Waals surface area contributed by atoms with E-state index in [1.807, 2.05) is 0 Å². The number of carbonyl (C=O) groups is 2. The first-order chi connectivity index (χ1) is 12.3. The van der Waals surface area contributed by atoms with Crippen LogP contribution in [0.2, 0.25) is 0 Å². The SMILES string of the molecule is O=C1CC(c2ccc(C(F)(F)F)cc2)CC(O)=C1C(=O)Nc1nccs1. The molecule has 1 aliphatic carbocycles. The predicted molar refractivity (Wildman–Crippen MR) is 88.8 cm³/mol. The van der Waals surface area contributed by atoms with Crippen molar-refractivity contribution < 1.29 is 27.9 Å². The molecule has 1 aromatic carbocycles. The number of ketones is 1. The van der Waals surface area contributed by atoms with Crippen LogP contribution in [-0.2, 0) is 15.8 Å². The molecule has 0 saturated carbocycles. The summed E-state index contributed by atoms with van der Waals surface area (Å²) >= 11 is 1.17. The van der Waals surface area contributed by atoms with Crippen molar-refractivity contribution in [1.29, 1.82) is 0 Å². The maximum atomic E-state index is 12.6. The summed E-state index contributed by atoms with van der Waals surface area (Å²) in [7, 11) is 0. The number of amides is 1. The Hall–Kier alpha value is -2.68. The molecular weight excluding hydrogens is 369 g/mol. The standard InChI is InChI=1S/C17H13F3N2O3S/c18-17(19,20)11-3-1-9(2-4-11)10-7-12(23)14(13(24)8-10)15(25)22-16-21-5-6-26-16/h1-6,10,23H,7-8H2,(H,21,22,25). The van der Waals surface area contributed by atoms with E-state index in [-0.39, 0.29) is 24.2 Å². The largest absolute Gasteiger partial charge is 0.511 e. The third-order valence-corrected chi connectivity index (χ3v) is 4.72. The number of benzene rings is 1. The average molecular weight is 382 g/mol. The quantitative estimate of drug-likeness (QED) is 0.785. The Bertz CT molecular complexity index is 858. The molecule has 0 fully saturated rings. The zero-order valence-corrected chi connectivity index (χ0v) is 14.0. The number of allylic oxidation sites excluding steroid dienone is 1. The molecule has 0 spiro atoms. The molecule has 1 unspecified atom stereocenters. The summed E-state index contributed by atoms with van der Waals surface area (Å²) < 4.78 is 37.9. The van der Waals surface area contributed by atoms with Crippen LogP contribution < -0.4 is 5.32 Å². The molecule has 1 amide bonds. The summed E-state index contributed by atoms with van der Waals surface area (Å²) in [5, 5.41) is 14.5.